The molecule has 1 aliphatic heterocycles. The minimum Gasteiger partial charge on any atom is -0.365 e. The highest BCUT2D eigenvalue weighted by atomic mass is 16.5. The quantitative estimate of drug-likeness (QED) is 0.803. The minimum absolute atomic E-state index is 0.0498. The maximum Gasteiger partial charge on any atom is 0.256 e. The van der Waals surface area contributed by atoms with Crippen LogP contribution in [0.25, 0.3) is 0 Å². The topological polar surface area (TPSA) is 38.3 Å². The summed E-state index contributed by atoms with van der Waals surface area (Å²) in [4.78, 5) is 11.9. The molecule has 1 aromatic rings. The van der Waals surface area contributed by atoms with Gasteiger partial charge in [0.15, 0.2) is 0 Å². The number of rotatable bonds is 2. The molecule has 0 aromatic heterocycles. The standard InChI is InChI=1S/C12H15NO2/c1-12(8-5-9-15-12)11(14)13-10-6-3-2-4-7-10/h2-4,6-7H,5,8-9H2,1H3,(H,13,14). The summed E-state index contributed by atoms with van der Waals surface area (Å²) in [5, 5.41) is 2.86. The van der Waals surface area contributed by atoms with Crippen LogP contribution in [0.3, 0.4) is 0 Å². The third-order valence-electron chi connectivity index (χ3n) is 2.73. The van der Waals surface area contributed by atoms with Gasteiger partial charge in [0.25, 0.3) is 5.91 Å². The van der Waals surface area contributed by atoms with E-state index in [0.29, 0.717) is 6.61 Å². The number of carbonyl (C=O) groups excluding carboxylic acids is 1. The predicted molar refractivity (Wildman–Crippen MR) is 58.7 cm³/mol. The molecule has 2 rings (SSSR count). The van der Waals surface area contributed by atoms with Crippen LogP contribution in [-0.2, 0) is 9.53 Å². The summed E-state index contributed by atoms with van der Waals surface area (Å²) in [6.07, 6.45) is 1.75. The van der Waals surface area contributed by atoms with Crippen molar-refractivity contribution in [3.05, 3.63) is 30.3 Å². The van der Waals surface area contributed by atoms with Gasteiger partial charge in [-0.3, -0.25) is 4.79 Å². The Kier molecular flexibility index (Phi) is 2.73. The smallest absolute Gasteiger partial charge is 0.256 e. The van der Waals surface area contributed by atoms with E-state index in [0.717, 1.165) is 18.5 Å². The Hall–Kier alpha value is -1.35. The SMILES string of the molecule is CC1(C(=O)Nc2ccccc2)CCCO1. The largest absolute Gasteiger partial charge is 0.365 e. The van der Waals surface area contributed by atoms with Crippen LogP contribution < -0.4 is 5.32 Å². The van der Waals surface area contributed by atoms with E-state index >= 15 is 0 Å². The predicted octanol–water partition coefficient (Wildman–Crippen LogP) is 2.19. The van der Waals surface area contributed by atoms with Crippen molar-refractivity contribution in [2.24, 2.45) is 0 Å². The van der Waals surface area contributed by atoms with E-state index in [2.05, 4.69) is 5.32 Å². The van der Waals surface area contributed by atoms with E-state index in [1.807, 2.05) is 37.3 Å². The van der Waals surface area contributed by atoms with Gasteiger partial charge < -0.3 is 10.1 Å². The Labute approximate surface area is 89.4 Å². The summed E-state index contributed by atoms with van der Waals surface area (Å²) in [6.45, 7) is 2.52. The maximum atomic E-state index is 11.9. The summed E-state index contributed by atoms with van der Waals surface area (Å²) in [5.74, 6) is -0.0498. The first kappa shape index (κ1) is 10.2. The number of hydrogen-bond acceptors (Lipinski definition) is 2. The lowest BCUT2D eigenvalue weighted by atomic mass is 10.0. The molecule has 1 fully saturated rings. The number of benzene rings is 1. The third kappa shape index (κ3) is 2.18. The zero-order valence-corrected chi connectivity index (χ0v) is 8.82. The molecule has 1 amide bonds. The van der Waals surface area contributed by atoms with Gasteiger partial charge in [-0.2, -0.15) is 0 Å². The molecule has 3 heteroatoms. The van der Waals surface area contributed by atoms with Gasteiger partial charge in [0.05, 0.1) is 0 Å². The molecular weight excluding hydrogens is 190 g/mol. The number of para-hydroxylation sites is 1. The van der Waals surface area contributed by atoms with Gasteiger partial charge in [0.2, 0.25) is 0 Å². The highest BCUT2D eigenvalue weighted by Crippen LogP contribution is 2.26. The Balaban J connectivity index is 2.04. The second kappa shape index (κ2) is 4.03. The molecule has 1 aliphatic rings. The van der Waals surface area contributed by atoms with Crippen LogP contribution in [0.1, 0.15) is 19.8 Å². The van der Waals surface area contributed by atoms with Gasteiger partial charge in [0, 0.05) is 12.3 Å². The van der Waals surface area contributed by atoms with Crippen LogP contribution in [0.2, 0.25) is 0 Å². The molecule has 1 N–H and O–H groups in total. The molecule has 1 atom stereocenters. The molecule has 0 bridgehead atoms. The average molecular weight is 205 g/mol. The fourth-order valence-corrected chi connectivity index (χ4v) is 1.74. The summed E-state index contributed by atoms with van der Waals surface area (Å²) in [6, 6.07) is 9.46. The monoisotopic (exact) mass is 205 g/mol. The van der Waals surface area contributed by atoms with Gasteiger partial charge in [-0.15, -0.1) is 0 Å². The van der Waals surface area contributed by atoms with Crippen molar-refractivity contribution in [2.75, 3.05) is 11.9 Å². The van der Waals surface area contributed by atoms with E-state index in [9.17, 15) is 4.79 Å². The van der Waals surface area contributed by atoms with Crippen LogP contribution in [0.15, 0.2) is 30.3 Å². The van der Waals surface area contributed by atoms with Crippen LogP contribution in [0.4, 0.5) is 5.69 Å². The van der Waals surface area contributed by atoms with Crippen molar-refractivity contribution in [1.29, 1.82) is 0 Å². The second-order valence-electron chi connectivity index (χ2n) is 4.00. The van der Waals surface area contributed by atoms with E-state index in [-0.39, 0.29) is 5.91 Å². The second-order valence-corrected chi connectivity index (χ2v) is 4.00. The van der Waals surface area contributed by atoms with E-state index in [1.54, 1.807) is 0 Å². The van der Waals surface area contributed by atoms with Crippen LogP contribution >= 0.6 is 0 Å². The van der Waals surface area contributed by atoms with Gasteiger partial charge in [-0.25, -0.2) is 0 Å². The lowest BCUT2D eigenvalue weighted by Gasteiger charge is -2.21. The third-order valence-corrected chi connectivity index (χ3v) is 2.73. The van der Waals surface area contributed by atoms with Crippen molar-refractivity contribution < 1.29 is 9.53 Å². The lowest BCUT2D eigenvalue weighted by Crippen LogP contribution is -2.39. The first-order chi connectivity index (χ1) is 7.21. The van der Waals surface area contributed by atoms with Crippen molar-refractivity contribution >= 4 is 11.6 Å². The number of carbonyl (C=O) groups is 1. The zero-order chi connectivity index (χ0) is 10.7. The summed E-state index contributed by atoms with van der Waals surface area (Å²) < 4.78 is 5.46. The van der Waals surface area contributed by atoms with Gasteiger partial charge in [0.1, 0.15) is 5.60 Å². The van der Waals surface area contributed by atoms with Gasteiger partial charge in [-0.1, -0.05) is 18.2 Å². The van der Waals surface area contributed by atoms with Crippen LogP contribution in [0.5, 0.6) is 0 Å². The summed E-state index contributed by atoms with van der Waals surface area (Å²) in [7, 11) is 0. The normalized spacial score (nSPS) is 25.1. The highest BCUT2D eigenvalue weighted by molar-refractivity contribution is 5.97. The Bertz CT molecular complexity index is 342. The molecule has 1 unspecified atom stereocenters. The first-order valence-corrected chi connectivity index (χ1v) is 5.21. The van der Waals surface area contributed by atoms with E-state index in [1.165, 1.54) is 0 Å². The molecule has 15 heavy (non-hydrogen) atoms. The molecule has 0 radical (unpaired) electrons. The lowest BCUT2D eigenvalue weighted by molar-refractivity contribution is -0.133. The Morgan fingerprint density at radius 3 is 2.73 bits per heavy atom. The van der Waals surface area contributed by atoms with Crippen molar-refractivity contribution in [1.82, 2.24) is 0 Å². The molecule has 0 aliphatic carbocycles. The molecule has 0 saturated carbocycles. The summed E-state index contributed by atoms with van der Waals surface area (Å²) >= 11 is 0. The number of anilines is 1. The number of nitrogens with one attached hydrogen (secondary N) is 1. The molecular formula is C12H15NO2. The molecule has 80 valence electrons. The Morgan fingerprint density at radius 1 is 1.40 bits per heavy atom. The van der Waals surface area contributed by atoms with Crippen LogP contribution in [-0.4, -0.2) is 18.1 Å². The number of hydrogen-bond donors (Lipinski definition) is 1. The molecule has 0 spiro atoms. The Morgan fingerprint density at radius 2 is 2.13 bits per heavy atom. The molecule has 3 nitrogen and oxygen atoms in total. The average Bonchev–Trinajstić information content (AvgIpc) is 2.68. The molecule has 1 heterocycles. The van der Waals surface area contributed by atoms with Gasteiger partial charge in [-0.05, 0) is 31.9 Å². The summed E-state index contributed by atoms with van der Waals surface area (Å²) in [5.41, 5.74) is 0.176. The van der Waals surface area contributed by atoms with E-state index < -0.39 is 5.60 Å². The molecule has 1 saturated heterocycles. The van der Waals surface area contributed by atoms with Crippen molar-refractivity contribution in [3.63, 3.8) is 0 Å². The zero-order valence-electron chi connectivity index (χ0n) is 8.82. The van der Waals surface area contributed by atoms with Crippen molar-refractivity contribution in [3.8, 4) is 0 Å². The van der Waals surface area contributed by atoms with Gasteiger partial charge >= 0.3 is 0 Å². The van der Waals surface area contributed by atoms with Crippen molar-refractivity contribution in [2.45, 2.75) is 25.4 Å². The minimum atomic E-state index is -0.643. The fourth-order valence-electron chi connectivity index (χ4n) is 1.74. The highest BCUT2D eigenvalue weighted by Gasteiger charge is 2.37. The van der Waals surface area contributed by atoms with E-state index in [4.69, 9.17) is 4.74 Å². The molecule has 1 aromatic carbocycles. The number of ether oxygens (including phenoxy) is 1. The first-order valence-electron chi connectivity index (χ1n) is 5.21. The maximum absolute atomic E-state index is 11.9. The number of amides is 1. The fraction of sp³-hybridized carbons (Fsp3) is 0.417. The van der Waals surface area contributed by atoms with Crippen LogP contribution in [0, 0.1) is 0 Å².